The van der Waals surface area contributed by atoms with Crippen LogP contribution in [0.2, 0.25) is 0 Å². The van der Waals surface area contributed by atoms with Gasteiger partial charge in [-0.05, 0) is 18.6 Å². The third-order valence-electron chi connectivity index (χ3n) is 1.91. The second-order valence-corrected chi connectivity index (χ2v) is 2.87. The summed E-state index contributed by atoms with van der Waals surface area (Å²) in [4.78, 5) is 10.9. The SMILES string of the molecule is Cc1cnccc1-c1cnc(N)[nH]1. The van der Waals surface area contributed by atoms with Gasteiger partial charge in [-0.2, -0.15) is 0 Å². The van der Waals surface area contributed by atoms with E-state index in [0.29, 0.717) is 5.95 Å². The average molecular weight is 174 g/mol. The second-order valence-electron chi connectivity index (χ2n) is 2.87. The number of imidazole rings is 1. The van der Waals surface area contributed by atoms with Crippen LogP contribution in [0, 0.1) is 6.92 Å². The highest BCUT2D eigenvalue weighted by Crippen LogP contribution is 2.20. The predicted octanol–water partition coefficient (Wildman–Crippen LogP) is 1.36. The van der Waals surface area contributed by atoms with Gasteiger partial charge in [0.2, 0.25) is 0 Å². The van der Waals surface area contributed by atoms with Crippen LogP contribution in [0.3, 0.4) is 0 Å². The number of H-pyrrole nitrogens is 1. The first-order valence-corrected chi connectivity index (χ1v) is 3.99. The Morgan fingerprint density at radius 1 is 1.38 bits per heavy atom. The summed E-state index contributed by atoms with van der Waals surface area (Å²) < 4.78 is 0. The number of nitrogens with two attached hydrogens (primary N) is 1. The lowest BCUT2D eigenvalue weighted by atomic mass is 10.1. The molecule has 2 rings (SSSR count). The molecule has 2 heterocycles. The van der Waals surface area contributed by atoms with Crippen molar-refractivity contribution < 1.29 is 0 Å². The van der Waals surface area contributed by atoms with Crippen molar-refractivity contribution in [3.05, 3.63) is 30.2 Å². The van der Waals surface area contributed by atoms with Gasteiger partial charge in [0.15, 0.2) is 5.95 Å². The lowest BCUT2D eigenvalue weighted by molar-refractivity contribution is 1.26. The topological polar surface area (TPSA) is 67.6 Å². The fraction of sp³-hybridized carbons (Fsp3) is 0.111. The third kappa shape index (κ3) is 1.38. The van der Waals surface area contributed by atoms with Gasteiger partial charge in [-0.25, -0.2) is 4.98 Å². The number of nitrogen functional groups attached to an aromatic ring is 1. The Bertz CT molecular complexity index is 419. The van der Waals surface area contributed by atoms with Crippen molar-refractivity contribution in [2.24, 2.45) is 0 Å². The van der Waals surface area contributed by atoms with Crippen molar-refractivity contribution in [2.45, 2.75) is 6.92 Å². The molecule has 2 aromatic heterocycles. The van der Waals surface area contributed by atoms with E-state index >= 15 is 0 Å². The quantitative estimate of drug-likeness (QED) is 0.686. The summed E-state index contributed by atoms with van der Waals surface area (Å²) in [6.45, 7) is 2.00. The molecule has 0 aliphatic rings. The van der Waals surface area contributed by atoms with Crippen LogP contribution in [0.15, 0.2) is 24.7 Å². The number of nitrogens with zero attached hydrogens (tertiary/aromatic N) is 2. The molecule has 3 N–H and O–H groups in total. The molecule has 13 heavy (non-hydrogen) atoms. The molecular weight excluding hydrogens is 164 g/mol. The number of pyridine rings is 1. The molecular formula is C9H10N4. The minimum atomic E-state index is 0.436. The van der Waals surface area contributed by atoms with E-state index in [1.807, 2.05) is 19.2 Å². The molecule has 0 spiro atoms. The van der Waals surface area contributed by atoms with E-state index in [0.717, 1.165) is 16.8 Å². The van der Waals surface area contributed by atoms with Crippen LogP contribution in [0.25, 0.3) is 11.3 Å². The van der Waals surface area contributed by atoms with Crippen LogP contribution in [0.5, 0.6) is 0 Å². The molecule has 0 bridgehead atoms. The zero-order valence-electron chi connectivity index (χ0n) is 7.28. The molecule has 4 heteroatoms. The first-order valence-electron chi connectivity index (χ1n) is 3.99. The highest BCUT2D eigenvalue weighted by molar-refractivity contribution is 5.62. The smallest absolute Gasteiger partial charge is 0.197 e. The normalized spacial score (nSPS) is 10.2. The number of hydrogen-bond donors (Lipinski definition) is 2. The van der Waals surface area contributed by atoms with Crippen LogP contribution in [0.1, 0.15) is 5.56 Å². The molecule has 66 valence electrons. The van der Waals surface area contributed by atoms with Gasteiger partial charge in [0, 0.05) is 18.0 Å². The molecule has 0 unspecified atom stereocenters. The molecule has 0 aromatic carbocycles. The summed E-state index contributed by atoms with van der Waals surface area (Å²) in [5, 5.41) is 0. The molecule has 0 aliphatic carbocycles. The first kappa shape index (κ1) is 7.79. The molecule has 2 aromatic rings. The van der Waals surface area contributed by atoms with E-state index in [2.05, 4.69) is 15.0 Å². The zero-order chi connectivity index (χ0) is 9.26. The van der Waals surface area contributed by atoms with Crippen LogP contribution in [-0.4, -0.2) is 15.0 Å². The molecule has 0 saturated carbocycles. The minimum Gasteiger partial charge on any atom is -0.369 e. The number of aryl methyl sites for hydroxylation is 1. The molecule has 4 nitrogen and oxygen atoms in total. The van der Waals surface area contributed by atoms with Crippen molar-refractivity contribution >= 4 is 5.95 Å². The Labute approximate surface area is 75.8 Å². The molecule has 0 fully saturated rings. The maximum Gasteiger partial charge on any atom is 0.197 e. The van der Waals surface area contributed by atoms with Gasteiger partial charge in [-0.3, -0.25) is 4.98 Å². The van der Waals surface area contributed by atoms with Crippen LogP contribution < -0.4 is 5.73 Å². The third-order valence-corrected chi connectivity index (χ3v) is 1.91. The lowest BCUT2D eigenvalue weighted by Crippen LogP contribution is -1.87. The van der Waals surface area contributed by atoms with Crippen LogP contribution in [-0.2, 0) is 0 Å². The van der Waals surface area contributed by atoms with Crippen LogP contribution >= 0.6 is 0 Å². The maximum atomic E-state index is 5.48. The van der Waals surface area contributed by atoms with Gasteiger partial charge in [0.25, 0.3) is 0 Å². The Hall–Kier alpha value is -1.84. The van der Waals surface area contributed by atoms with Crippen molar-refractivity contribution in [3.63, 3.8) is 0 Å². The Balaban J connectivity index is 2.52. The molecule has 0 amide bonds. The van der Waals surface area contributed by atoms with E-state index in [-0.39, 0.29) is 0 Å². The largest absolute Gasteiger partial charge is 0.369 e. The Morgan fingerprint density at radius 2 is 2.23 bits per heavy atom. The van der Waals surface area contributed by atoms with Crippen molar-refractivity contribution in [1.29, 1.82) is 0 Å². The van der Waals surface area contributed by atoms with Gasteiger partial charge in [0.05, 0.1) is 11.9 Å². The number of rotatable bonds is 1. The molecule has 0 radical (unpaired) electrons. The van der Waals surface area contributed by atoms with Gasteiger partial charge < -0.3 is 10.7 Å². The fourth-order valence-electron chi connectivity index (χ4n) is 1.25. The average Bonchev–Trinajstić information content (AvgIpc) is 2.53. The van der Waals surface area contributed by atoms with E-state index in [1.54, 1.807) is 12.4 Å². The number of anilines is 1. The number of aromatic nitrogens is 3. The highest BCUT2D eigenvalue weighted by atomic mass is 15.0. The van der Waals surface area contributed by atoms with Crippen molar-refractivity contribution in [3.8, 4) is 11.3 Å². The van der Waals surface area contributed by atoms with E-state index in [4.69, 9.17) is 5.73 Å². The second kappa shape index (κ2) is 2.90. The van der Waals surface area contributed by atoms with Gasteiger partial charge in [-0.1, -0.05) is 0 Å². The Kier molecular flexibility index (Phi) is 1.73. The molecule has 0 atom stereocenters. The fourth-order valence-corrected chi connectivity index (χ4v) is 1.25. The summed E-state index contributed by atoms with van der Waals surface area (Å²) >= 11 is 0. The Morgan fingerprint density at radius 3 is 2.85 bits per heavy atom. The monoisotopic (exact) mass is 174 g/mol. The van der Waals surface area contributed by atoms with Gasteiger partial charge in [0.1, 0.15) is 0 Å². The summed E-state index contributed by atoms with van der Waals surface area (Å²) in [7, 11) is 0. The van der Waals surface area contributed by atoms with E-state index < -0.39 is 0 Å². The lowest BCUT2D eigenvalue weighted by Gasteiger charge is -2.00. The van der Waals surface area contributed by atoms with E-state index in [9.17, 15) is 0 Å². The maximum absolute atomic E-state index is 5.48. The van der Waals surface area contributed by atoms with E-state index in [1.165, 1.54) is 0 Å². The molecule has 0 aliphatic heterocycles. The van der Waals surface area contributed by atoms with Crippen molar-refractivity contribution in [1.82, 2.24) is 15.0 Å². The number of aromatic amines is 1. The number of nitrogens with one attached hydrogen (secondary N) is 1. The van der Waals surface area contributed by atoms with Crippen molar-refractivity contribution in [2.75, 3.05) is 5.73 Å². The summed E-state index contributed by atoms with van der Waals surface area (Å²) in [5.41, 5.74) is 8.60. The standard InChI is InChI=1S/C9H10N4/c1-6-4-11-3-2-7(6)8-5-12-9(10)13-8/h2-5H,1H3,(H3,10,12,13). The predicted molar refractivity (Wildman–Crippen MR) is 51.0 cm³/mol. The van der Waals surface area contributed by atoms with Gasteiger partial charge >= 0.3 is 0 Å². The summed E-state index contributed by atoms with van der Waals surface area (Å²) in [6, 6.07) is 1.93. The summed E-state index contributed by atoms with van der Waals surface area (Å²) in [5.74, 6) is 0.436. The van der Waals surface area contributed by atoms with Gasteiger partial charge in [-0.15, -0.1) is 0 Å². The summed E-state index contributed by atoms with van der Waals surface area (Å²) in [6.07, 6.45) is 5.28. The number of hydrogen-bond acceptors (Lipinski definition) is 3. The highest BCUT2D eigenvalue weighted by Gasteiger charge is 2.03. The first-order chi connectivity index (χ1) is 6.27. The molecule has 0 saturated heterocycles. The van der Waals surface area contributed by atoms with Crippen LogP contribution in [0.4, 0.5) is 5.95 Å². The zero-order valence-corrected chi connectivity index (χ0v) is 7.28. The minimum absolute atomic E-state index is 0.436.